The van der Waals surface area contributed by atoms with Gasteiger partial charge >= 0.3 is 0 Å². The first-order chi connectivity index (χ1) is 9.54. The smallest absolute Gasteiger partial charge is 0.266 e. The molecule has 4 heteroatoms. The summed E-state index contributed by atoms with van der Waals surface area (Å²) in [5.41, 5.74) is 2.82. The minimum absolute atomic E-state index is 0.139. The number of rotatable bonds is 2. The van der Waals surface area contributed by atoms with Crippen molar-refractivity contribution in [2.45, 2.75) is 20.8 Å². The standard InChI is InChI=1S/C16H15N3O/c1-11-9-12(2)19(16(20)15(11)10-17)18-13(3)14-7-5-4-6-8-14/h4-9H,1-3H3/b18-13+. The summed E-state index contributed by atoms with van der Waals surface area (Å²) in [4.78, 5) is 12.2. The average Bonchev–Trinajstić information content (AvgIpc) is 2.44. The SMILES string of the molecule is C/C(=N\n1c(C)cc(C)c(C#N)c1=O)c1ccccc1. The fourth-order valence-electron chi connectivity index (χ4n) is 2.03. The van der Waals surface area contributed by atoms with E-state index in [0.717, 1.165) is 11.3 Å². The molecule has 0 saturated heterocycles. The molecule has 0 fully saturated rings. The summed E-state index contributed by atoms with van der Waals surface area (Å²) in [6.45, 7) is 5.40. The highest BCUT2D eigenvalue weighted by atomic mass is 16.1. The van der Waals surface area contributed by atoms with Crippen molar-refractivity contribution in [1.82, 2.24) is 4.68 Å². The van der Waals surface area contributed by atoms with Crippen LogP contribution in [-0.2, 0) is 0 Å². The Bertz CT molecular complexity index is 765. The molecule has 1 aromatic heterocycles. The van der Waals surface area contributed by atoms with Crippen LogP contribution in [0, 0.1) is 25.2 Å². The van der Waals surface area contributed by atoms with Crippen LogP contribution in [0.3, 0.4) is 0 Å². The Hall–Kier alpha value is -2.67. The number of aryl methyl sites for hydroxylation is 2. The molecule has 0 aliphatic heterocycles. The van der Waals surface area contributed by atoms with Crippen LogP contribution in [-0.4, -0.2) is 10.4 Å². The minimum atomic E-state index is -0.375. The Morgan fingerprint density at radius 2 is 1.90 bits per heavy atom. The highest BCUT2D eigenvalue weighted by Crippen LogP contribution is 2.07. The van der Waals surface area contributed by atoms with Crippen LogP contribution in [0.2, 0.25) is 0 Å². The van der Waals surface area contributed by atoms with Crippen molar-refractivity contribution < 1.29 is 0 Å². The second-order valence-corrected chi connectivity index (χ2v) is 4.62. The molecular weight excluding hydrogens is 250 g/mol. The molecular formula is C16H15N3O. The molecule has 0 unspecified atom stereocenters. The third kappa shape index (κ3) is 2.52. The van der Waals surface area contributed by atoms with E-state index >= 15 is 0 Å². The molecule has 0 amide bonds. The van der Waals surface area contributed by atoms with Crippen LogP contribution >= 0.6 is 0 Å². The molecule has 4 nitrogen and oxygen atoms in total. The van der Waals surface area contributed by atoms with Gasteiger partial charge in [-0.1, -0.05) is 30.3 Å². The van der Waals surface area contributed by atoms with Crippen LogP contribution in [0.15, 0.2) is 46.3 Å². The molecule has 0 aliphatic carbocycles. The number of hydrogen-bond acceptors (Lipinski definition) is 3. The molecule has 0 bridgehead atoms. The van der Waals surface area contributed by atoms with E-state index in [2.05, 4.69) is 5.10 Å². The molecule has 0 saturated carbocycles. The molecule has 2 aromatic rings. The van der Waals surface area contributed by atoms with Gasteiger partial charge in [0, 0.05) is 5.69 Å². The van der Waals surface area contributed by atoms with E-state index in [1.165, 1.54) is 4.68 Å². The van der Waals surface area contributed by atoms with Crippen molar-refractivity contribution in [3.8, 4) is 6.07 Å². The van der Waals surface area contributed by atoms with Crippen LogP contribution in [0.25, 0.3) is 0 Å². The van der Waals surface area contributed by atoms with E-state index in [4.69, 9.17) is 5.26 Å². The summed E-state index contributed by atoms with van der Waals surface area (Å²) in [5, 5.41) is 13.4. The van der Waals surface area contributed by atoms with Gasteiger partial charge < -0.3 is 0 Å². The van der Waals surface area contributed by atoms with E-state index < -0.39 is 0 Å². The normalized spacial score (nSPS) is 11.2. The molecule has 0 aliphatic rings. The van der Waals surface area contributed by atoms with Gasteiger partial charge in [-0.2, -0.15) is 10.4 Å². The number of hydrogen-bond donors (Lipinski definition) is 0. The molecule has 0 radical (unpaired) electrons. The predicted molar refractivity (Wildman–Crippen MR) is 78.9 cm³/mol. The molecule has 0 N–H and O–H groups in total. The molecule has 1 heterocycles. The molecule has 1 aromatic carbocycles. The van der Waals surface area contributed by atoms with E-state index in [-0.39, 0.29) is 11.1 Å². The van der Waals surface area contributed by atoms with Crippen LogP contribution in [0.5, 0.6) is 0 Å². The summed E-state index contributed by atoms with van der Waals surface area (Å²) in [6.07, 6.45) is 0. The fraction of sp³-hybridized carbons (Fsp3) is 0.188. The van der Waals surface area contributed by atoms with Gasteiger partial charge in [-0.3, -0.25) is 4.79 Å². The lowest BCUT2D eigenvalue weighted by Gasteiger charge is -2.08. The number of nitrogens with zero attached hydrogens (tertiary/aromatic N) is 3. The van der Waals surface area contributed by atoms with Crippen molar-refractivity contribution in [2.24, 2.45) is 5.10 Å². The zero-order chi connectivity index (χ0) is 14.7. The van der Waals surface area contributed by atoms with Crippen LogP contribution < -0.4 is 5.56 Å². The van der Waals surface area contributed by atoms with E-state index in [1.807, 2.05) is 43.3 Å². The lowest BCUT2D eigenvalue weighted by Crippen LogP contribution is -2.23. The highest BCUT2D eigenvalue weighted by Gasteiger charge is 2.09. The van der Waals surface area contributed by atoms with E-state index in [0.29, 0.717) is 11.3 Å². The number of aromatic nitrogens is 1. The Morgan fingerprint density at radius 3 is 2.50 bits per heavy atom. The van der Waals surface area contributed by atoms with Gasteiger partial charge in [0.25, 0.3) is 5.56 Å². The fourth-order valence-corrected chi connectivity index (χ4v) is 2.03. The third-order valence-electron chi connectivity index (χ3n) is 3.11. The van der Waals surface area contributed by atoms with Crippen molar-refractivity contribution in [3.05, 3.63) is 69.1 Å². The van der Waals surface area contributed by atoms with E-state index in [1.54, 1.807) is 19.9 Å². The van der Waals surface area contributed by atoms with Crippen molar-refractivity contribution in [1.29, 1.82) is 5.26 Å². The maximum Gasteiger partial charge on any atom is 0.289 e. The first-order valence-electron chi connectivity index (χ1n) is 6.29. The predicted octanol–water partition coefficient (Wildman–Crippen LogP) is 2.61. The lowest BCUT2D eigenvalue weighted by atomic mass is 10.1. The minimum Gasteiger partial charge on any atom is -0.266 e. The van der Waals surface area contributed by atoms with Gasteiger partial charge in [-0.15, -0.1) is 0 Å². The number of nitriles is 1. The lowest BCUT2D eigenvalue weighted by molar-refractivity contribution is 0.781. The maximum absolute atomic E-state index is 12.2. The molecule has 2 rings (SSSR count). The second kappa shape index (κ2) is 5.54. The largest absolute Gasteiger partial charge is 0.289 e. The zero-order valence-electron chi connectivity index (χ0n) is 11.7. The molecule has 20 heavy (non-hydrogen) atoms. The first kappa shape index (κ1) is 13.8. The summed E-state index contributed by atoms with van der Waals surface area (Å²) in [6, 6.07) is 13.4. The summed E-state index contributed by atoms with van der Waals surface area (Å²) >= 11 is 0. The quantitative estimate of drug-likeness (QED) is 0.784. The second-order valence-electron chi connectivity index (χ2n) is 4.62. The Kier molecular flexibility index (Phi) is 3.81. The topological polar surface area (TPSA) is 58.1 Å². The van der Waals surface area contributed by atoms with Gasteiger partial charge in [-0.25, -0.2) is 4.68 Å². The number of pyridine rings is 1. The van der Waals surface area contributed by atoms with Crippen molar-refractivity contribution in [2.75, 3.05) is 0 Å². The highest BCUT2D eigenvalue weighted by molar-refractivity contribution is 5.98. The monoisotopic (exact) mass is 265 g/mol. The van der Waals surface area contributed by atoms with Crippen molar-refractivity contribution >= 4 is 5.71 Å². The van der Waals surface area contributed by atoms with Crippen molar-refractivity contribution in [3.63, 3.8) is 0 Å². The van der Waals surface area contributed by atoms with Crippen LogP contribution in [0.4, 0.5) is 0 Å². The van der Waals surface area contributed by atoms with Gasteiger partial charge in [0.1, 0.15) is 11.6 Å². The van der Waals surface area contributed by atoms with Gasteiger partial charge in [-0.05, 0) is 38.0 Å². The Labute approximate surface area is 117 Å². The summed E-state index contributed by atoms with van der Waals surface area (Å²) in [5.74, 6) is 0. The van der Waals surface area contributed by atoms with Crippen LogP contribution in [0.1, 0.15) is 29.3 Å². The first-order valence-corrected chi connectivity index (χ1v) is 6.29. The average molecular weight is 265 g/mol. The van der Waals surface area contributed by atoms with E-state index in [9.17, 15) is 4.79 Å². The van der Waals surface area contributed by atoms with Gasteiger partial charge in [0.05, 0.1) is 5.71 Å². The number of benzene rings is 1. The van der Waals surface area contributed by atoms with Gasteiger partial charge in [0.2, 0.25) is 0 Å². The van der Waals surface area contributed by atoms with Gasteiger partial charge in [0.15, 0.2) is 0 Å². The Morgan fingerprint density at radius 1 is 1.25 bits per heavy atom. The summed E-state index contributed by atoms with van der Waals surface area (Å²) in [7, 11) is 0. The molecule has 100 valence electrons. The third-order valence-corrected chi connectivity index (χ3v) is 3.11. The summed E-state index contributed by atoms with van der Waals surface area (Å²) < 4.78 is 1.29. The maximum atomic E-state index is 12.2. The Balaban J connectivity index is 2.61. The zero-order valence-corrected chi connectivity index (χ0v) is 11.7. The molecule has 0 atom stereocenters. The molecule has 0 spiro atoms.